The fourth-order valence-electron chi connectivity index (χ4n) is 3.49. The first-order valence-electron chi connectivity index (χ1n) is 9.07. The third-order valence-electron chi connectivity index (χ3n) is 5.21. The highest BCUT2D eigenvalue weighted by Gasteiger charge is 2.46. The summed E-state index contributed by atoms with van der Waals surface area (Å²) in [6, 6.07) is 6.29. The maximum Gasteiger partial charge on any atom is 0.416 e. The number of alkyl halides is 6. The van der Waals surface area contributed by atoms with E-state index in [1.807, 2.05) is 0 Å². The van der Waals surface area contributed by atoms with Crippen LogP contribution in [0.15, 0.2) is 41.3 Å². The van der Waals surface area contributed by atoms with Crippen LogP contribution in [0, 0.1) is 5.92 Å². The Labute approximate surface area is 165 Å². The van der Waals surface area contributed by atoms with Crippen molar-refractivity contribution in [1.29, 1.82) is 0 Å². The highest BCUT2D eigenvalue weighted by atomic mass is 19.4. The molecule has 0 radical (unpaired) electrons. The average Bonchev–Trinajstić information content (AvgIpc) is 2.93. The molecule has 0 amide bonds. The molecule has 0 atom stereocenters. The van der Waals surface area contributed by atoms with Crippen molar-refractivity contribution in [2.45, 2.75) is 18.9 Å². The van der Waals surface area contributed by atoms with E-state index in [1.165, 1.54) is 22.9 Å². The minimum absolute atomic E-state index is 0.117. The van der Waals surface area contributed by atoms with E-state index < -0.39 is 29.5 Å². The molecular formula is C19H16F6N4O. The van der Waals surface area contributed by atoms with Crippen LogP contribution in [0.2, 0.25) is 0 Å². The fraction of sp³-hybridized carbons (Fsp3) is 0.368. The number of H-pyrrole nitrogens is 1. The summed E-state index contributed by atoms with van der Waals surface area (Å²) in [7, 11) is 0. The molecule has 1 N–H and O–H groups in total. The number of nitrogens with one attached hydrogen (secondary N) is 1. The van der Waals surface area contributed by atoms with Gasteiger partial charge in [0.15, 0.2) is 5.65 Å². The lowest BCUT2D eigenvalue weighted by Crippen LogP contribution is -2.54. The van der Waals surface area contributed by atoms with Gasteiger partial charge in [0.25, 0.3) is 0 Å². The molecule has 0 saturated carbocycles. The van der Waals surface area contributed by atoms with Gasteiger partial charge in [-0.1, -0.05) is 12.1 Å². The first kappa shape index (κ1) is 20.5. The van der Waals surface area contributed by atoms with Crippen molar-refractivity contribution in [2.24, 2.45) is 5.92 Å². The fourth-order valence-corrected chi connectivity index (χ4v) is 3.49. The molecule has 1 aliphatic heterocycles. The molecule has 0 aliphatic carbocycles. The van der Waals surface area contributed by atoms with Crippen LogP contribution in [0.5, 0.6) is 0 Å². The largest absolute Gasteiger partial charge is 0.416 e. The number of benzene rings is 1. The summed E-state index contributed by atoms with van der Waals surface area (Å²) in [5, 5.41) is 0. The van der Waals surface area contributed by atoms with Gasteiger partial charge in [-0.25, -0.2) is 9.78 Å². The van der Waals surface area contributed by atoms with Crippen LogP contribution in [0.4, 0.5) is 26.3 Å². The van der Waals surface area contributed by atoms with E-state index in [0.29, 0.717) is 11.1 Å². The number of hydrogen-bond donors (Lipinski definition) is 1. The van der Waals surface area contributed by atoms with Crippen LogP contribution in [0.3, 0.4) is 0 Å². The molecule has 0 spiro atoms. The van der Waals surface area contributed by atoms with Crippen LogP contribution in [0.1, 0.15) is 5.56 Å². The summed E-state index contributed by atoms with van der Waals surface area (Å²) >= 11 is 0. The lowest BCUT2D eigenvalue weighted by Gasteiger charge is -2.40. The van der Waals surface area contributed by atoms with Gasteiger partial charge < -0.3 is 4.90 Å². The first-order chi connectivity index (χ1) is 14.0. The zero-order valence-electron chi connectivity index (χ0n) is 15.4. The number of imidazole rings is 1. The Bertz CT molecular complexity index is 1120. The molecule has 2 aromatic heterocycles. The second-order valence-electron chi connectivity index (χ2n) is 7.25. The second-order valence-corrected chi connectivity index (χ2v) is 7.25. The van der Waals surface area contributed by atoms with Crippen molar-refractivity contribution in [3.8, 4) is 11.1 Å². The van der Waals surface area contributed by atoms with E-state index in [9.17, 15) is 31.1 Å². The Hall–Kier alpha value is -2.82. The van der Waals surface area contributed by atoms with E-state index in [2.05, 4.69) is 9.97 Å². The molecule has 5 nitrogen and oxygen atoms in total. The number of halogens is 6. The normalized spacial score (nSPS) is 16.2. The van der Waals surface area contributed by atoms with Crippen LogP contribution >= 0.6 is 0 Å². The van der Waals surface area contributed by atoms with Gasteiger partial charge in [0.05, 0.1) is 17.0 Å². The monoisotopic (exact) mass is 430 g/mol. The zero-order chi connectivity index (χ0) is 21.7. The summed E-state index contributed by atoms with van der Waals surface area (Å²) in [6.07, 6.45) is -7.35. The van der Waals surface area contributed by atoms with Crippen molar-refractivity contribution in [3.05, 3.63) is 52.6 Å². The maximum absolute atomic E-state index is 13.0. The third kappa shape index (κ3) is 3.93. The average molecular weight is 430 g/mol. The second kappa shape index (κ2) is 7.15. The minimum atomic E-state index is -4.49. The van der Waals surface area contributed by atoms with Crippen LogP contribution in [-0.4, -0.2) is 45.2 Å². The molecule has 11 heteroatoms. The molecule has 1 fully saturated rings. The topological polar surface area (TPSA) is 53.9 Å². The highest BCUT2D eigenvalue weighted by Crippen LogP contribution is 2.34. The first-order valence-corrected chi connectivity index (χ1v) is 9.07. The smallest absolute Gasteiger partial charge is 0.300 e. The van der Waals surface area contributed by atoms with Crippen molar-refractivity contribution >= 4 is 11.2 Å². The molecule has 4 rings (SSSR count). The van der Waals surface area contributed by atoms with Crippen LogP contribution < -0.4 is 5.69 Å². The van der Waals surface area contributed by atoms with Gasteiger partial charge in [-0.15, -0.1) is 0 Å². The Kier molecular flexibility index (Phi) is 4.88. The Balaban J connectivity index is 1.57. The predicted octanol–water partition coefficient (Wildman–Crippen LogP) is 3.90. The standard InChI is InChI=1S/C19H16F6N4O/c20-18(21,22)13-3-1-2-11(6-13)12-7-15-16(26-8-12)27-17(30)29(15)5-4-28-9-14(10-28)19(23,24)25/h1-3,6-8,14H,4-5,9-10H2,(H,26,27,30). The molecule has 1 aromatic carbocycles. The van der Waals surface area contributed by atoms with Gasteiger partial charge in [-0.3, -0.25) is 9.55 Å². The molecule has 0 bridgehead atoms. The predicted molar refractivity (Wildman–Crippen MR) is 96.8 cm³/mol. The number of aromatic amines is 1. The highest BCUT2D eigenvalue weighted by molar-refractivity contribution is 5.78. The van der Waals surface area contributed by atoms with Gasteiger partial charge in [0.1, 0.15) is 0 Å². The number of fused-ring (bicyclic) bond motifs is 1. The maximum atomic E-state index is 13.0. The van der Waals surface area contributed by atoms with Gasteiger partial charge in [0, 0.05) is 37.9 Å². The van der Waals surface area contributed by atoms with Gasteiger partial charge in [-0.05, 0) is 23.8 Å². The van der Waals surface area contributed by atoms with E-state index >= 15 is 0 Å². The molecule has 0 unspecified atom stereocenters. The molecular weight excluding hydrogens is 414 g/mol. The van der Waals surface area contributed by atoms with Gasteiger partial charge in [-0.2, -0.15) is 26.3 Å². The van der Waals surface area contributed by atoms with Crippen molar-refractivity contribution < 1.29 is 26.3 Å². The SMILES string of the molecule is O=c1[nH]c2ncc(-c3cccc(C(F)(F)F)c3)cc2n1CCN1CC(C(F)(F)F)C1. The lowest BCUT2D eigenvalue weighted by molar-refractivity contribution is -0.209. The minimum Gasteiger partial charge on any atom is -0.300 e. The molecule has 3 heterocycles. The Morgan fingerprint density at radius 1 is 1.03 bits per heavy atom. The van der Waals surface area contributed by atoms with Crippen LogP contribution in [0.25, 0.3) is 22.3 Å². The Morgan fingerprint density at radius 2 is 1.77 bits per heavy atom. The van der Waals surface area contributed by atoms with Crippen molar-refractivity contribution in [2.75, 3.05) is 19.6 Å². The van der Waals surface area contributed by atoms with Gasteiger partial charge in [0.2, 0.25) is 0 Å². The lowest BCUT2D eigenvalue weighted by atomic mass is 10.00. The van der Waals surface area contributed by atoms with E-state index in [1.54, 1.807) is 11.0 Å². The number of aromatic nitrogens is 3. The van der Waals surface area contributed by atoms with Gasteiger partial charge >= 0.3 is 18.0 Å². The van der Waals surface area contributed by atoms with Crippen LogP contribution in [-0.2, 0) is 12.7 Å². The zero-order valence-corrected chi connectivity index (χ0v) is 15.4. The van der Waals surface area contributed by atoms with E-state index in [-0.39, 0.29) is 37.4 Å². The number of pyridine rings is 1. The third-order valence-corrected chi connectivity index (χ3v) is 5.21. The molecule has 1 aliphatic rings. The number of hydrogen-bond acceptors (Lipinski definition) is 3. The van der Waals surface area contributed by atoms with Crippen molar-refractivity contribution in [1.82, 2.24) is 19.4 Å². The quantitative estimate of drug-likeness (QED) is 0.639. The molecule has 160 valence electrons. The summed E-state index contributed by atoms with van der Waals surface area (Å²) in [5.74, 6) is -1.36. The Morgan fingerprint density at radius 3 is 2.43 bits per heavy atom. The summed E-state index contributed by atoms with van der Waals surface area (Å²) < 4.78 is 78.1. The van der Waals surface area contributed by atoms with Crippen molar-refractivity contribution in [3.63, 3.8) is 0 Å². The molecule has 30 heavy (non-hydrogen) atoms. The number of nitrogens with zero attached hydrogens (tertiary/aromatic N) is 3. The molecule has 3 aromatic rings. The summed E-state index contributed by atoms with van der Waals surface area (Å²) in [4.78, 5) is 20.5. The summed E-state index contributed by atoms with van der Waals surface area (Å²) in [6.45, 7) is 0.146. The number of likely N-dealkylation sites (tertiary alicyclic amines) is 1. The van der Waals surface area contributed by atoms with E-state index in [4.69, 9.17) is 0 Å². The summed E-state index contributed by atoms with van der Waals surface area (Å²) in [5.41, 5.74) is 0.0306. The van der Waals surface area contributed by atoms with E-state index in [0.717, 1.165) is 12.1 Å². The molecule has 1 saturated heterocycles. The number of rotatable bonds is 4.